The molecular weight excluding hydrogens is 398 g/mol. The molecule has 0 saturated heterocycles. The van der Waals surface area contributed by atoms with Crippen molar-refractivity contribution in [1.29, 1.82) is 0 Å². The van der Waals surface area contributed by atoms with Gasteiger partial charge in [-0.25, -0.2) is 10.2 Å². The van der Waals surface area contributed by atoms with Crippen LogP contribution >= 0.6 is 0 Å². The Bertz CT molecular complexity index is 861. The second kappa shape index (κ2) is 11.7. The van der Waals surface area contributed by atoms with Gasteiger partial charge in [0.2, 0.25) is 0 Å². The van der Waals surface area contributed by atoms with Crippen LogP contribution in [-0.2, 0) is 20.9 Å². The Balaban J connectivity index is 1.96. The van der Waals surface area contributed by atoms with E-state index in [1.807, 2.05) is 30.3 Å². The summed E-state index contributed by atoms with van der Waals surface area (Å²) in [5.41, 5.74) is 3.46. The van der Waals surface area contributed by atoms with E-state index < -0.39 is 23.6 Å². The number of hydrogen-bond donors (Lipinski definition) is 2. The fourth-order valence-electron chi connectivity index (χ4n) is 2.44. The van der Waals surface area contributed by atoms with Crippen molar-refractivity contribution in [2.45, 2.75) is 39.0 Å². The zero-order valence-corrected chi connectivity index (χ0v) is 18.3. The third kappa shape index (κ3) is 9.31. The Hall–Kier alpha value is -3.39. The van der Waals surface area contributed by atoms with Crippen molar-refractivity contribution in [3.63, 3.8) is 0 Å². The molecule has 0 bridgehead atoms. The first-order valence-corrected chi connectivity index (χ1v) is 9.85. The van der Waals surface area contributed by atoms with Gasteiger partial charge in [0.25, 0.3) is 5.91 Å². The zero-order chi connectivity index (χ0) is 22.7. The Labute approximate surface area is 182 Å². The van der Waals surface area contributed by atoms with Crippen LogP contribution in [0.2, 0.25) is 0 Å². The first-order chi connectivity index (χ1) is 14.8. The predicted molar refractivity (Wildman–Crippen MR) is 118 cm³/mol. The maximum atomic E-state index is 12.6. The number of hydrazone groups is 1. The van der Waals surface area contributed by atoms with Gasteiger partial charge < -0.3 is 19.5 Å². The molecule has 0 aliphatic carbocycles. The number of alkyl carbamates (subject to hydrolysis) is 1. The molecule has 0 aliphatic rings. The number of methoxy groups -OCH3 is 1. The fraction of sp³-hybridized carbons (Fsp3) is 0.348. The van der Waals surface area contributed by atoms with E-state index in [1.54, 1.807) is 52.1 Å². The van der Waals surface area contributed by atoms with E-state index in [9.17, 15) is 9.59 Å². The summed E-state index contributed by atoms with van der Waals surface area (Å²) in [7, 11) is 1.58. The van der Waals surface area contributed by atoms with Crippen LogP contribution in [0, 0.1) is 0 Å². The Morgan fingerprint density at radius 2 is 1.74 bits per heavy atom. The second-order valence-electron chi connectivity index (χ2n) is 7.71. The number of hydrogen-bond acceptors (Lipinski definition) is 6. The van der Waals surface area contributed by atoms with Crippen LogP contribution in [0.1, 0.15) is 31.9 Å². The SMILES string of the molecule is COc1ccc(C=NNC(=O)C(COCc2ccccc2)NC(=O)OC(C)(C)C)cc1. The maximum absolute atomic E-state index is 12.6. The van der Waals surface area contributed by atoms with E-state index >= 15 is 0 Å². The quantitative estimate of drug-likeness (QED) is 0.473. The number of ether oxygens (including phenoxy) is 3. The molecule has 8 nitrogen and oxygen atoms in total. The summed E-state index contributed by atoms with van der Waals surface area (Å²) >= 11 is 0. The topological polar surface area (TPSA) is 98.3 Å². The summed E-state index contributed by atoms with van der Waals surface area (Å²) in [6.07, 6.45) is 0.780. The molecular formula is C23H29N3O5. The number of carbonyl (C=O) groups is 2. The van der Waals surface area contributed by atoms with Gasteiger partial charge in [0.15, 0.2) is 0 Å². The van der Waals surface area contributed by atoms with Gasteiger partial charge >= 0.3 is 6.09 Å². The molecule has 0 aliphatic heterocycles. The molecule has 0 aromatic heterocycles. The summed E-state index contributed by atoms with van der Waals surface area (Å²) in [5.74, 6) is 0.196. The highest BCUT2D eigenvalue weighted by molar-refractivity contribution is 5.87. The third-order valence-corrected chi connectivity index (χ3v) is 3.91. The van der Waals surface area contributed by atoms with Gasteiger partial charge in [-0.1, -0.05) is 30.3 Å². The molecule has 1 unspecified atom stereocenters. The monoisotopic (exact) mass is 427 g/mol. The number of nitrogens with zero attached hydrogens (tertiary/aromatic N) is 1. The average Bonchev–Trinajstić information content (AvgIpc) is 2.73. The Morgan fingerprint density at radius 1 is 1.06 bits per heavy atom. The molecule has 0 fully saturated rings. The highest BCUT2D eigenvalue weighted by Crippen LogP contribution is 2.10. The van der Waals surface area contributed by atoms with E-state index in [4.69, 9.17) is 14.2 Å². The molecule has 1 atom stereocenters. The number of rotatable bonds is 9. The highest BCUT2D eigenvalue weighted by Gasteiger charge is 2.24. The van der Waals surface area contributed by atoms with Crippen molar-refractivity contribution < 1.29 is 23.8 Å². The first-order valence-electron chi connectivity index (χ1n) is 9.85. The molecule has 8 heteroatoms. The van der Waals surface area contributed by atoms with E-state index in [2.05, 4.69) is 15.8 Å². The molecule has 31 heavy (non-hydrogen) atoms. The van der Waals surface area contributed by atoms with Crippen molar-refractivity contribution in [2.75, 3.05) is 13.7 Å². The summed E-state index contributed by atoms with van der Waals surface area (Å²) in [5, 5.41) is 6.49. The van der Waals surface area contributed by atoms with Gasteiger partial charge in [-0.3, -0.25) is 4.79 Å². The van der Waals surface area contributed by atoms with E-state index in [-0.39, 0.29) is 6.61 Å². The maximum Gasteiger partial charge on any atom is 0.408 e. The smallest absolute Gasteiger partial charge is 0.408 e. The molecule has 2 N–H and O–H groups in total. The number of benzene rings is 2. The van der Waals surface area contributed by atoms with Gasteiger partial charge in [-0.05, 0) is 56.2 Å². The lowest BCUT2D eigenvalue weighted by Gasteiger charge is -2.22. The van der Waals surface area contributed by atoms with Gasteiger partial charge in [-0.15, -0.1) is 0 Å². The molecule has 0 saturated carbocycles. The standard InChI is InChI=1S/C23H29N3O5/c1-23(2,3)31-22(28)25-20(16-30-15-18-8-6-5-7-9-18)21(27)26-24-14-17-10-12-19(29-4)13-11-17/h5-14,20H,15-16H2,1-4H3,(H,25,28)(H,26,27). The van der Waals surface area contributed by atoms with E-state index in [0.717, 1.165) is 16.9 Å². The Morgan fingerprint density at radius 3 is 2.35 bits per heavy atom. The molecule has 0 heterocycles. The van der Waals surface area contributed by atoms with Gasteiger partial charge in [-0.2, -0.15) is 5.10 Å². The fourth-order valence-corrected chi connectivity index (χ4v) is 2.44. The summed E-state index contributed by atoms with van der Waals surface area (Å²) in [6, 6.07) is 15.7. The van der Waals surface area contributed by atoms with Crippen LogP contribution in [0.3, 0.4) is 0 Å². The normalized spacial score (nSPS) is 12.3. The lowest BCUT2D eigenvalue weighted by molar-refractivity contribution is -0.124. The number of carbonyl (C=O) groups excluding carboxylic acids is 2. The van der Waals surface area contributed by atoms with Crippen molar-refractivity contribution >= 4 is 18.2 Å². The van der Waals surface area contributed by atoms with Crippen LogP contribution < -0.4 is 15.5 Å². The molecule has 2 amide bonds. The lowest BCUT2D eigenvalue weighted by Crippen LogP contribution is -2.49. The largest absolute Gasteiger partial charge is 0.497 e. The van der Waals surface area contributed by atoms with Crippen LogP contribution in [-0.4, -0.2) is 43.6 Å². The van der Waals surface area contributed by atoms with Gasteiger partial charge in [0.05, 0.1) is 26.5 Å². The molecule has 2 aromatic rings. The third-order valence-electron chi connectivity index (χ3n) is 3.91. The zero-order valence-electron chi connectivity index (χ0n) is 18.3. The summed E-state index contributed by atoms with van der Waals surface area (Å²) in [4.78, 5) is 24.7. The number of nitrogens with one attached hydrogen (secondary N) is 2. The van der Waals surface area contributed by atoms with Crippen molar-refractivity contribution in [3.8, 4) is 5.75 Å². The van der Waals surface area contributed by atoms with Crippen molar-refractivity contribution in [1.82, 2.24) is 10.7 Å². The minimum absolute atomic E-state index is 0.0436. The van der Waals surface area contributed by atoms with Crippen molar-refractivity contribution in [3.05, 3.63) is 65.7 Å². The van der Waals surface area contributed by atoms with Crippen LogP contribution in [0.5, 0.6) is 5.75 Å². The summed E-state index contributed by atoms with van der Waals surface area (Å²) in [6.45, 7) is 5.49. The van der Waals surface area contributed by atoms with Gasteiger partial charge in [0.1, 0.15) is 17.4 Å². The minimum atomic E-state index is -0.980. The van der Waals surface area contributed by atoms with Crippen LogP contribution in [0.15, 0.2) is 59.7 Å². The Kier molecular flexibility index (Phi) is 9.02. The van der Waals surface area contributed by atoms with Crippen LogP contribution in [0.4, 0.5) is 4.79 Å². The van der Waals surface area contributed by atoms with Crippen molar-refractivity contribution in [2.24, 2.45) is 5.10 Å². The molecule has 2 rings (SSSR count). The van der Waals surface area contributed by atoms with Gasteiger partial charge in [0, 0.05) is 0 Å². The molecule has 0 radical (unpaired) electrons. The minimum Gasteiger partial charge on any atom is -0.497 e. The first kappa shape index (κ1) is 23.9. The second-order valence-corrected chi connectivity index (χ2v) is 7.71. The molecule has 166 valence electrons. The molecule has 0 spiro atoms. The predicted octanol–water partition coefficient (Wildman–Crippen LogP) is 3.26. The molecule has 2 aromatic carbocycles. The van der Waals surface area contributed by atoms with E-state index in [1.165, 1.54) is 6.21 Å². The highest BCUT2D eigenvalue weighted by atomic mass is 16.6. The van der Waals surface area contributed by atoms with E-state index in [0.29, 0.717) is 6.61 Å². The lowest BCUT2D eigenvalue weighted by atomic mass is 10.2. The number of amides is 2. The summed E-state index contributed by atoms with van der Waals surface area (Å²) < 4.78 is 16.0. The average molecular weight is 428 g/mol. The van der Waals surface area contributed by atoms with Crippen LogP contribution in [0.25, 0.3) is 0 Å².